The Hall–Kier alpha value is -3.65. The van der Waals surface area contributed by atoms with Crippen LogP contribution >= 0.6 is 11.6 Å². The number of rotatable bonds is 4. The van der Waals surface area contributed by atoms with Gasteiger partial charge in [0.15, 0.2) is 5.76 Å². The Morgan fingerprint density at radius 1 is 1.16 bits per heavy atom. The van der Waals surface area contributed by atoms with Crippen LogP contribution in [0, 0.1) is 0 Å². The van der Waals surface area contributed by atoms with Gasteiger partial charge in [-0.05, 0) is 49.9 Å². The molecule has 156 valence electrons. The van der Waals surface area contributed by atoms with Gasteiger partial charge in [0.2, 0.25) is 5.95 Å². The molecule has 8 nitrogen and oxygen atoms in total. The van der Waals surface area contributed by atoms with Crippen LogP contribution in [0.15, 0.2) is 57.9 Å². The number of hydrogen-bond donors (Lipinski definition) is 2. The number of aromatic amines is 1. The van der Waals surface area contributed by atoms with Gasteiger partial charge in [0.25, 0.3) is 11.5 Å². The fourth-order valence-electron chi connectivity index (χ4n) is 3.70. The molecular formula is C22H18ClN5O3. The van der Waals surface area contributed by atoms with E-state index < -0.39 is 5.91 Å². The third-order valence-corrected chi connectivity index (χ3v) is 5.55. The molecule has 1 aliphatic rings. The fourth-order valence-corrected chi connectivity index (χ4v) is 3.92. The van der Waals surface area contributed by atoms with E-state index in [-0.39, 0.29) is 11.5 Å². The molecule has 0 bridgehead atoms. The number of H-pyrrole nitrogens is 1. The first-order chi connectivity index (χ1) is 15.1. The third-order valence-electron chi connectivity index (χ3n) is 5.22. The minimum absolute atomic E-state index is 0.182. The van der Waals surface area contributed by atoms with Crippen molar-refractivity contribution < 1.29 is 9.21 Å². The molecule has 0 radical (unpaired) electrons. The lowest BCUT2D eigenvalue weighted by atomic mass is 9.97. The average Bonchev–Trinajstić information content (AvgIpc) is 3.44. The molecule has 4 aromatic rings. The van der Waals surface area contributed by atoms with E-state index in [1.807, 2.05) is 0 Å². The first-order valence-electron chi connectivity index (χ1n) is 9.92. The summed E-state index contributed by atoms with van der Waals surface area (Å²) in [4.78, 5) is 32.9. The summed E-state index contributed by atoms with van der Waals surface area (Å²) in [6.07, 6.45) is 4.94. The molecule has 1 aliphatic carbocycles. The van der Waals surface area contributed by atoms with E-state index in [0.29, 0.717) is 34.3 Å². The van der Waals surface area contributed by atoms with Crippen molar-refractivity contribution in [2.24, 2.45) is 0 Å². The Labute approximate surface area is 181 Å². The topological polar surface area (TPSA) is 106 Å². The van der Waals surface area contributed by atoms with Gasteiger partial charge in [0.05, 0.1) is 22.5 Å². The summed E-state index contributed by atoms with van der Waals surface area (Å²) in [6.45, 7) is 0. The van der Waals surface area contributed by atoms with Crippen LogP contribution in [0.2, 0.25) is 5.02 Å². The molecule has 3 aromatic heterocycles. The van der Waals surface area contributed by atoms with Crippen LogP contribution in [0.3, 0.4) is 0 Å². The summed E-state index contributed by atoms with van der Waals surface area (Å²) >= 11 is 6.17. The van der Waals surface area contributed by atoms with Crippen molar-refractivity contribution in [2.75, 3.05) is 5.32 Å². The molecule has 2 N–H and O–H groups in total. The molecule has 0 fully saturated rings. The second-order valence-electron chi connectivity index (χ2n) is 7.26. The van der Waals surface area contributed by atoms with Crippen LogP contribution in [0.5, 0.6) is 0 Å². The van der Waals surface area contributed by atoms with Crippen molar-refractivity contribution in [2.45, 2.75) is 25.7 Å². The number of furan rings is 1. The smallest absolute Gasteiger partial charge is 0.258 e. The van der Waals surface area contributed by atoms with E-state index in [0.717, 1.165) is 30.5 Å². The number of anilines is 1. The number of nitrogens with one attached hydrogen (secondary N) is 2. The van der Waals surface area contributed by atoms with Gasteiger partial charge >= 0.3 is 0 Å². The largest absolute Gasteiger partial charge is 0.463 e. The van der Waals surface area contributed by atoms with Crippen molar-refractivity contribution >= 4 is 23.3 Å². The van der Waals surface area contributed by atoms with Gasteiger partial charge in [-0.3, -0.25) is 14.6 Å². The highest BCUT2D eigenvalue weighted by Gasteiger charge is 2.21. The number of amides is 1. The SMILES string of the molecule is O=C(Nc1cc(-c2ccco2)nn1-c1nc2c(c(=O)[nH]1)CCCC2)c1ccccc1Cl. The molecule has 0 unspecified atom stereocenters. The van der Waals surface area contributed by atoms with Crippen LogP contribution in [0.4, 0.5) is 5.82 Å². The maximum Gasteiger partial charge on any atom is 0.258 e. The minimum atomic E-state index is -0.405. The Kier molecular flexibility index (Phi) is 4.91. The standard InChI is InChI=1S/C22H18ClN5O3/c23-15-8-3-1-6-13(15)20(29)25-19-12-17(18-10-5-11-31-18)27-28(19)22-24-16-9-4-2-7-14(16)21(30)26-22/h1,3,5-6,8,10-12H,2,4,7,9H2,(H,25,29)(H,24,26,30). The molecule has 0 saturated carbocycles. The summed E-state index contributed by atoms with van der Waals surface area (Å²) < 4.78 is 6.85. The van der Waals surface area contributed by atoms with E-state index in [1.54, 1.807) is 42.5 Å². The van der Waals surface area contributed by atoms with E-state index >= 15 is 0 Å². The number of aryl methyl sites for hydroxylation is 1. The first-order valence-corrected chi connectivity index (χ1v) is 10.3. The van der Waals surface area contributed by atoms with Crippen molar-refractivity contribution in [3.05, 3.63) is 80.9 Å². The zero-order chi connectivity index (χ0) is 21.4. The second-order valence-corrected chi connectivity index (χ2v) is 7.67. The number of carbonyl (C=O) groups is 1. The molecule has 9 heteroatoms. The van der Waals surface area contributed by atoms with Crippen LogP contribution in [0.1, 0.15) is 34.5 Å². The number of benzene rings is 1. The van der Waals surface area contributed by atoms with E-state index in [4.69, 9.17) is 16.0 Å². The summed E-state index contributed by atoms with van der Waals surface area (Å²) in [7, 11) is 0. The molecule has 3 heterocycles. The Balaban J connectivity index is 1.60. The highest BCUT2D eigenvalue weighted by molar-refractivity contribution is 6.34. The van der Waals surface area contributed by atoms with Crippen LogP contribution in [-0.2, 0) is 12.8 Å². The molecule has 31 heavy (non-hydrogen) atoms. The number of nitrogens with zero attached hydrogens (tertiary/aromatic N) is 3. The number of carbonyl (C=O) groups excluding carboxylic acids is 1. The molecule has 0 spiro atoms. The fraction of sp³-hybridized carbons (Fsp3) is 0.182. The lowest BCUT2D eigenvalue weighted by Crippen LogP contribution is -2.24. The summed E-state index contributed by atoms with van der Waals surface area (Å²) in [5.74, 6) is 0.679. The lowest BCUT2D eigenvalue weighted by molar-refractivity contribution is 0.102. The monoisotopic (exact) mass is 435 g/mol. The lowest BCUT2D eigenvalue weighted by Gasteiger charge is -2.15. The maximum absolute atomic E-state index is 12.9. The highest BCUT2D eigenvalue weighted by atomic mass is 35.5. The van der Waals surface area contributed by atoms with E-state index in [2.05, 4.69) is 20.4 Å². The predicted molar refractivity (Wildman–Crippen MR) is 116 cm³/mol. The molecule has 0 atom stereocenters. The highest BCUT2D eigenvalue weighted by Crippen LogP contribution is 2.26. The molecule has 5 rings (SSSR count). The van der Waals surface area contributed by atoms with Crippen molar-refractivity contribution in [3.8, 4) is 17.4 Å². The number of fused-ring (bicyclic) bond motifs is 1. The van der Waals surface area contributed by atoms with Gasteiger partial charge in [-0.1, -0.05) is 23.7 Å². The van der Waals surface area contributed by atoms with Gasteiger partial charge in [-0.2, -0.15) is 9.78 Å². The average molecular weight is 436 g/mol. The van der Waals surface area contributed by atoms with Gasteiger partial charge < -0.3 is 9.73 Å². The third kappa shape index (κ3) is 3.66. The first kappa shape index (κ1) is 19.3. The van der Waals surface area contributed by atoms with E-state index in [1.165, 1.54) is 10.9 Å². The van der Waals surface area contributed by atoms with Crippen LogP contribution in [-0.4, -0.2) is 25.7 Å². The Morgan fingerprint density at radius 3 is 2.81 bits per heavy atom. The van der Waals surface area contributed by atoms with Gasteiger partial charge in [-0.15, -0.1) is 0 Å². The number of aromatic nitrogens is 4. The van der Waals surface area contributed by atoms with Crippen molar-refractivity contribution in [1.29, 1.82) is 0 Å². The second kappa shape index (κ2) is 7.88. The summed E-state index contributed by atoms with van der Waals surface area (Å²) in [5.41, 5.74) is 2.11. The molecule has 1 amide bonds. The van der Waals surface area contributed by atoms with Crippen LogP contribution < -0.4 is 10.9 Å². The predicted octanol–water partition coefficient (Wildman–Crippen LogP) is 4.00. The van der Waals surface area contributed by atoms with Gasteiger partial charge in [0, 0.05) is 11.6 Å². The van der Waals surface area contributed by atoms with Crippen molar-refractivity contribution in [1.82, 2.24) is 19.7 Å². The zero-order valence-corrected chi connectivity index (χ0v) is 17.1. The summed E-state index contributed by atoms with van der Waals surface area (Å²) in [6, 6.07) is 11.9. The zero-order valence-electron chi connectivity index (χ0n) is 16.4. The molecule has 0 saturated heterocycles. The number of halogens is 1. The van der Waals surface area contributed by atoms with Gasteiger partial charge in [-0.25, -0.2) is 4.98 Å². The summed E-state index contributed by atoms with van der Waals surface area (Å²) in [5, 5.41) is 7.68. The molecular weight excluding hydrogens is 418 g/mol. The quantitative estimate of drug-likeness (QED) is 0.504. The van der Waals surface area contributed by atoms with E-state index in [9.17, 15) is 9.59 Å². The molecule has 1 aromatic carbocycles. The minimum Gasteiger partial charge on any atom is -0.463 e. The maximum atomic E-state index is 12.9. The van der Waals surface area contributed by atoms with Gasteiger partial charge in [0.1, 0.15) is 11.5 Å². The Bertz CT molecular complexity index is 1320. The molecule has 0 aliphatic heterocycles. The van der Waals surface area contributed by atoms with Crippen molar-refractivity contribution in [3.63, 3.8) is 0 Å². The normalized spacial score (nSPS) is 13.1. The Morgan fingerprint density at radius 2 is 2.00 bits per heavy atom. The van der Waals surface area contributed by atoms with Crippen LogP contribution in [0.25, 0.3) is 17.4 Å². The number of hydrogen-bond acceptors (Lipinski definition) is 5.